The Morgan fingerprint density at radius 3 is 1.62 bits per heavy atom. The summed E-state index contributed by atoms with van der Waals surface area (Å²) in [6.45, 7) is 3.04. The zero-order valence-electron chi connectivity index (χ0n) is 14.5. The Bertz CT molecular complexity index is 182. The van der Waals surface area contributed by atoms with Crippen molar-refractivity contribution in [3.63, 3.8) is 0 Å². The summed E-state index contributed by atoms with van der Waals surface area (Å²) in [4.78, 5) is 0. The van der Waals surface area contributed by atoms with E-state index in [9.17, 15) is 5.11 Å². The third-order valence-electron chi connectivity index (χ3n) is 4.22. The van der Waals surface area contributed by atoms with Crippen LogP contribution in [-0.4, -0.2) is 17.8 Å². The van der Waals surface area contributed by atoms with Crippen LogP contribution in [0, 0.1) is 7.11 Å². The average molecular weight is 300 g/mol. The Morgan fingerprint density at radius 1 is 0.714 bits per heavy atom. The van der Waals surface area contributed by atoms with Gasteiger partial charge in [-0.1, -0.05) is 84.0 Å². The topological polar surface area (TPSA) is 29.5 Å². The van der Waals surface area contributed by atoms with Crippen LogP contribution >= 0.6 is 0 Å². The molecule has 0 bridgehead atoms. The lowest BCUT2D eigenvalue weighted by Crippen LogP contribution is -2.05. The predicted molar refractivity (Wildman–Crippen MR) is 92.2 cm³/mol. The van der Waals surface area contributed by atoms with E-state index in [1.54, 1.807) is 0 Å². The largest absolute Gasteiger partial charge is 0.393 e. The van der Waals surface area contributed by atoms with Crippen LogP contribution in [0.2, 0.25) is 0 Å². The summed E-state index contributed by atoms with van der Waals surface area (Å²) < 4.78 is 4.80. The van der Waals surface area contributed by atoms with Gasteiger partial charge in [0.2, 0.25) is 0 Å². The van der Waals surface area contributed by atoms with E-state index in [4.69, 9.17) is 4.74 Å². The molecule has 0 amide bonds. The van der Waals surface area contributed by atoms with Gasteiger partial charge in [-0.05, 0) is 19.3 Å². The summed E-state index contributed by atoms with van der Waals surface area (Å²) in [7, 11) is 3.38. The molecule has 0 fully saturated rings. The quantitative estimate of drug-likeness (QED) is 0.332. The standard InChI is InChI=1S/C19H39O2/c1-3-4-5-13-16-19(20)17-14-11-9-7-6-8-10-12-15-18-21-2/h19-20H,2-18H2,1H3. The van der Waals surface area contributed by atoms with Crippen LogP contribution in [0.1, 0.15) is 103 Å². The minimum Gasteiger partial charge on any atom is -0.393 e. The first-order chi connectivity index (χ1) is 10.3. The zero-order valence-corrected chi connectivity index (χ0v) is 14.5. The average Bonchev–Trinajstić information content (AvgIpc) is 2.49. The predicted octanol–water partition coefficient (Wildman–Crippen LogP) is 6.03. The van der Waals surface area contributed by atoms with Crippen LogP contribution in [-0.2, 0) is 4.74 Å². The van der Waals surface area contributed by atoms with Crippen molar-refractivity contribution in [2.75, 3.05) is 6.61 Å². The van der Waals surface area contributed by atoms with E-state index < -0.39 is 0 Å². The van der Waals surface area contributed by atoms with E-state index in [0.29, 0.717) is 0 Å². The molecule has 0 aliphatic heterocycles. The van der Waals surface area contributed by atoms with E-state index in [1.807, 2.05) is 0 Å². The van der Waals surface area contributed by atoms with Crippen molar-refractivity contribution in [3.8, 4) is 0 Å². The fraction of sp³-hybridized carbons (Fsp3) is 0.947. The molecule has 0 saturated heterocycles. The molecule has 0 aromatic heterocycles. The van der Waals surface area contributed by atoms with Gasteiger partial charge in [0.25, 0.3) is 0 Å². The van der Waals surface area contributed by atoms with Gasteiger partial charge in [0.15, 0.2) is 0 Å². The maximum absolute atomic E-state index is 9.88. The highest BCUT2D eigenvalue weighted by Crippen LogP contribution is 2.14. The monoisotopic (exact) mass is 299 g/mol. The van der Waals surface area contributed by atoms with E-state index in [2.05, 4.69) is 14.0 Å². The number of hydrogen-bond donors (Lipinski definition) is 1. The molecule has 21 heavy (non-hydrogen) atoms. The molecule has 0 heterocycles. The maximum Gasteiger partial charge on any atom is 0.0700 e. The van der Waals surface area contributed by atoms with Crippen molar-refractivity contribution >= 4 is 0 Å². The van der Waals surface area contributed by atoms with E-state index in [0.717, 1.165) is 25.9 Å². The minimum absolute atomic E-state index is 0.0443. The molecule has 127 valence electrons. The summed E-state index contributed by atoms with van der Waals surface area (Å²) in [6, 6.07) is 0. The number of ether oxygens (including phenoxy) is 1. The van der Waals surface area contributed by atoms with Gasteiger partial charge in [0.05, 0.1) is 13.2 Å². The molecule has 2 nitrogen and oxygen atoms in total. The first kappa shape index (κ1) is 20.9. The van der Waals surface area contributed by atoms with Crippen LogP contribution in [0.3, 0.4) is 0 Å². The lowest BCUT2D eigenvalue weighted by molar-refractivity contribution is 0.147. The molecule has 0 rings (SSSR count). The van der Waals surface area contributed by atoms with Crippen LogP contribution in [0.5, 0.6) is 0 Å². The molecule has 0 spiro atoms. The number of aliphatic hydroxyl groups is 1. The van der Waals surface area contributed by atoms with Crippen molar-refractivity contribution in [1.82, 2.24) is 0 Å². The maximum atomic E-state index is 9.88. The van der Waals surface area contributed by atoms with Gasteiger partial charge in [0.1, 0.15) is 0 Å². The second-order valence-electron chi connectivity index (χ2n) is 6.38. The fourth-order valence-corrected chi connectivity index (χ4v) is 2.77. The first-order valence-electron chi connectivity index (χ1n) is 9.36. The van der Waals surface area contributed by atoms with Crippen molar-refractivity contribution < 1.29 is 9.84 Å². The van der Waals surface area contributed by atoms with Gasteiger partial charge in [-0.2, -0.15) is 0 Å². The fourth-order valence-electron chi connectivity index (χ4n) is 2.77. The lowest BCUT2D eigenvalue weighted by atomic mass is 10.0. The molecular formula is C19H39O2. The highest BCUT2D eigenvalue weighted by atomic mass is 16.5. The molecule has 0 saturated carbocycles. The van der Waals surface area contributed by atoms with Crippen LogP contribution in [0.4, 0.5) is 0 Å². The smallest absolute Gasteiger partial charge is 0.0700 e. The zero-order chi connectivity index (χ0) is 15.6. The third-order valence-corrected chi connectivity index (χ3v) is 4.22. The van der Waals surface area contributed by atoms with Gasteiger partial charge < -0.3 is 9.84 Å². The van der Waals surface area contributed by atoms with Crippen LogP contribution in [0.15, 0.2) is 0 Å². The van der Waals surface area contributed by atoms with Crippen LogP contribution < -0.4 is 0 Å². The van der Waals surface area contributed by atoms with Crippen molar-refractivity contribution in [3.05, 3.63) is 7.11 Å². The SMILES string of the molecule is [CH2]OCCCCCCCCCCCC(O)CCCCCC. The second-order valence-corrected chi connectivity index (χ2v) is 6.38. The second kappa shape index (κ2) is 18.0. The van der Waals surface area contributed by atoms with Crippen LogP contribution in [0.25, 0.3) is 0 Å². The first-order valence-corrected chi connectivity index (χ1v) is 9.36. The highest BCUT2D eigenvalue weighted by Gasteiger charge is 2.03. The van der Waals surface area contributed by atoms with Crippen molar-refractivity contribution in [1.29, 1.82) is 0 Å². The van der Waals surface area contributed by atoms with Crippen molar-refractivity contribution in [2.24, 2.45) is 0 Å². The van der Waals surface area contributed by atoms with E-state index in [-0.39, 0.29) is 6.10 Å². The minimum atomic E-state index is -0.0443. The van der Waals surface area contributed by atoms with Gasteiger partial charge in [0, 0.05) is 6.61 Å². The molecule has 1 unspecified atom stereocenters. The lowest BCUT2D eigenvalue weighted by Gasteiger charge is -2.10. The molecule has 1 atom stereocenters. The number of unbranched alkanes of at least 4 members (excludes halogenated alkanes) is 11. The summed E-state index contributed by atoms with van der Waals surface area (Å²) in [5.74, 6) is 0. The number of hydrogen-bond acceptors (Lipinski definition) is 2. The molecule has 1 radical (unpaired) electrons. The van der Waals surface area contributed by atoms with E-state index in [1.165, 1.54) is 77.0 Å². The Balaban J connectivity index is 3.07. The highest BCUT2D eigenvalue weighted by molar-refractivity contribution is 4.57. The Hall–Kier alpha value is -0.0800. The third kappa shape index (κ3) is 17.9. The van der Waals surface area contributed by atoms with Gasteiger partial charge in [-0.15, -0.1) is 0 Å². The summed E-state index contributed by atoms with van der Waals surface area (Å²) in [5, 5.41) is 9.88. The molecule has 0 aliphatic rings. The molecule has 0 aliphatic carbocycles. The molecule has 0 aromatic carbocycles. The molecule has 0 aromatic rings. The molecule has 1 N–H and O–H groups in total. The number of aliphatic hydroxyl groups excluding tert-OH is 1. The normalized spacial score (nSPS) is 12.7. The molecule has 2 heteroatoms. The Labute approximate surface area is 133 Å². The van der Waals surface area contributed by atoms with E-state index >= 15 is 0 Å². The summed E-state index contributed by atoms with van der Waals surface area (Å²) >= 11 is 0. The Kier molecular flexibility index (Phi) is 17.9. The van der Waals surface area contributed by atoms with Crippen molar-refractivity contribution in [2.45, 2.75) is 109 Å². The van der Waals surface area contributed by atoms with Gasteiger partial charge in [-0.3, -0.25) is 0 Å². The Morgan fingerprint density at radius 2 is 1.14 bits per heavy atom. The summed E-state index contributed by atoms with van der Waals surface area (Å²) in [6.07, 6.45) is 18.7. The number of rotatable bonds is 17. The summed E-state index contributed by atoms with van der Waals surface area (Å²) in [5.41, 5.74) is 0. The van der Waals surface area contributed by atoms with Gasteiger partial charge in [-0.25, -0.2) is 0 Å². The molecular weight excluding hydrogens is 260 g/mol. The van der Waals surface area contributed by atoms with Gasteiger partial charge >= 0.3 is 0 Å².